The average Bonchev–Trinajstić information content (AvgIpc) is 0.936. The van der Waals surface area contributed by atoms with Crippen LogP contribution in [0.1, 0.15) is 54.7 Å². The molecule has 2 amide bonds. The van der Waals surface area contributed by atoms with Crippen LogP contribution >= 0.6 is 38.6 Å². The van der Waals surface area contributed by atoms with Gasteiger partial charge in [-0.3, -0.25) is 24.1 Å². The minimum absolute atomic E-state index is 0. The number of fused-ring (bicyclic) bond motifs is 6. The largest absolute Gasteiger partial charge is 0.457 e. The summed E-state index contributed by atoms with van der Waals surface area (Å²) < 4.78 is 14.9. The average molecular weight is 1310 g/mol. The molecule has 0 aliphatic carbocycles. The summed E-state index contributed by atoms with van der Waals surface area (Å²) in [5.41, 5.74) is 23.0. The molecule has 6 aromatic rings. The molecule has 12 rings (SSSR count). The lowest BCUT2D eigenvalue weighted by molar-refractivity contribution is -1.08. The van der Waals surface area contributed by atoms with Gasteiger partial charge in [-0.1, -0.05) is 202 Å². The van der Waals surface area contributed by atoms with Crippen molar-refractivity contribution >= 4 is 77.5 Å². The molecule has 86 heavy (non-hydrogen) atoms. The van der Waals surface area contributed by atoms with E-state index in [2.05, 4.69) is 163 Å². The number of primary amides is 2. The van der Waals surface area contributed by atoms with Gasteiger partial charge in [-0.25, -0.2) is 0 Å². The van der Waals surface area contributed by atoms with Crippen LogP contribution in [0.2, 0.25) is 0 Å². The maximum atomic E-state index is 13.0. The Morgan fingerprint density at radius 2 is 0.767 bits per heavy atom. The molecule has 6 fully saturated rings. The van der Waals surface area contributed by atoms with Crippen molar-refractivity contribution in [1.29, 1.82) is 0 Å². The van der Waals surface area contributed by atoms with Crippen molar-refractivity contribution in [3.8, 4) is 22.3 Å². The van der Waals surface area contributed by atoms with Crippen LogP contribution in [0, 0.1) is 23.7 Å². The van der Waals surface area contributed by atoms with Crippen molar-refractivity contribution < 1.29 is 41.7 Å². The van der Waals surface area contributed by atoms with Gasteiger partial charge in [-0.05, 0) is 101 Å². The van der Waals surface area contributed by atoms with E-state index in [0.29, 0.717) is 25.9 Å². The Morgan fingerprint density at radius 1 is 0.465 bits per heavy atom. The predicted octanol–water partition coefficient (Wildman–Crippen LogP) is 10.9. The van der Waals surface area contributed by atoms with Crippen LogP contribution in [0.15, 0.2) is 158 Å². The first kappa shape index (κ1) is 68.3. The molecule has 6 atom stereocenters. The van der Waals surface area contributed by atoms with Crippen LogP contribution in [0.3, 0.4) is 0 Å². The Balaban J connectivity index is 0.000000209. The van der Waals surface area contributed by atoms with E-state index in [1.807, 2.05) is 36.4 Å². The standard InChI is InChI=1S/C34H42BN3O3P.C26H27BIO2P.C8H15N3O.CH4/c1-26(32(34(40)41-42(2)35)23-27-6-4-3-5-7-27)22-28-8-12-30(13-9-28)31-14-10-29(11-15-31)24-37-16-19-38(20-17-37,21-18-37)25-33(36)39;1-19(25(26(29)30-31(2)27)17-20-6-4-3-5-7-20)16-21-8-12-23(13-9-21)24-14-10-22(18-28)11-15-24;9-8(12)7-11-4-1-10(2-5-11)3-6-11;/h3-15,26,32H,16-25H2,1-2H3,(H-,36,39);3-15,19,25H,16-18H2,1-2H3;1-7H2,(H-,9,12);1H4/q+1;;;/p+2/t26-,32-,37?,38?,42?;19-,25-,31?;;/m00../s1. The molecule has 4 bridgehead atoms. The van der Waals surface area contributed by atoms with Crippen LogP contribution in [-0.4, -0.2) is 162 Å². The van der Waals surface area contributed by atoms with Gasteiger partial charge >= 0.3 is 11.9 Å². The fraction of sp³-hybridized carbons (Fsp3) is 0.420. The smallest absolute Gasteiger partial charge is 0.311 e. The molecule has 12 nitrogen and oxygen atoms in total. The zero-order valence-electron chi connectivity index (χ0n) is 50.3. The van der Waals surface area contributed by atoms with Gasteiger partial charge in [-0.2, -0.15) is 0 Å². The summed E-state index contributed by atoms with van der Waals surface area (Å²) in [5.74, 6) is -0.960. The topological polar surface area (TPSA) is 142 Å². The number of carbonyl (C=O) groups is 4. The Labute approximate surface area is 532 Å². The molecule has 6 heterocycles. The first-order valence-electron chi connectivity index (χ1n) is 30.1. The fourth-order valence-corrected chi connectivity index (χ4v) is 14.3. The Kier molecular flexibility index (Phi) is 25.6. The van der Waals surface area contributed by atoms with Crippen LogP contribution in [-0.2, 0) is 64.9 Å². The summed E-state index contributed by atoms with van der Waals surface area (Å²) in [6, 6.07) is 55.3. The molecule has 6 aliphatic rings. The van der Waals surface area contributed by atoms with Gasteiger partial charge in [0.2, 0.25) is 0 Å². The number of quaternary nitrogens is 3. The highest BCUT2D eigenvalue weighted by Gasteiger charge is 2.49. The van der Waals surface area contributed by atoms with Crippen molar-refractivity contribution in [2.75, 3.05) is 105 Å². The van der Waals surface area contributed by atoms with E-state index >= 15 is 0 Å². The van der Waals surface area contributed by atoms with Gasteiger partial charge in [0, 0.05) is 45.7 Å². The van der Waals surface area contributed by atoms with E-state index in [9.17, 15) is 19.2 Å². The Morgan fingerprint density at radius 3 is 1.09 bits per heavy atom. The zero-order valence-corrected chi connectivity index (χ0v) is 54.2. The maximum absolute atomic E-state index is 13.0. The van der Waals surface area contributed by atoms with Gasteiger partial charge in [0.25, 0.3) is 11.8 Å². The quantitative estimate of drug-likeness (QED) is 0.0214. The third-order valence-electron chi connectivity index (χ3n) is 18.1. The van der Waals surface area contributed by atoms with Gasteiger partial charge in [0.15, 0.2) is 28.2 Å². The molecule has 6 aromatic carbocycles. The van der Waals surface area contributed by atoms with Crippen LogP contribution in [0.25, 0.3) is 22.3 Å². The number of hydrogen-bond acceptors (Lipinski definition) is 7. The monoisotopic (exact) mass is 1310 g/mol. The molecule has 0 spiro atoms. The molecule has 2 unspecified atom stereocenters. The van der Waals surface area contributed by atoms with Crippen LogP contribution in [0.4, 0.5) is 0 Å². The summed E-state index contributed by atoms with van der Waals surface area (Å²) >= 11 is 2.38. The summed E-state index contributed by atoms with van der Waals surface area (Å²) in [6.45, 7) is 23.1. The number of piperazine rings is 6. The number of rotatable bonds is 23. The molecule has 0 saturated carbocycles. The first-order chi connectivity index (χ1) is 40.8. The van der Waals surface area contributed by atoms with Gasteiger partial charge in [-0.15, -0.1) is 0 Å². The zero-order chi connectivity index (χ0) is 60.6. The number of hydrogen-bond donors (Lipinski definition) is 2. The SMILES string of the molecule is C.NC(=O)C[N+]12CCN(CC1)CC2.[B]P(C)OC(=O)[C@@H](Cc1ccccc1)[C@@H](C)Cc1ccc(-c2ccc(CI)cc2)cc1.[B]P(C)OC(=O)[C@@H](Cc1ccccc1)[C@@H](C)Cc1ccc(-c2ccc(C[N+]34CC[N+](CC(N)=O)(CC3)CC4)cc2)cc1. The molecule has 4 radical (unpaired) electrons. The Bertz CT molecular complexity index is 3060. The number of nitrogens with zero attached hydrogens (tertiary/aromatic N) is 4. The van der Waals surface area contributed by atoms with Crippen molar-refractivity contribution in [1.82, 2.24) is 4.90 Å². The molecule has 0 aromatic heterocycles. The third kappa shape index (κ3) is 19.9. The first-order valence-corrected chi connectivity index (χ1v) is 35.1. The lowest BCUT2D eigenvalue weighted by Crippen LogP contribution is -2.75. The summed E-state index contributed by atoms with van der Waals surface area (Å²) in [6.07, 6.45) is 2.90. The minimum atomic E-state index is -1.24. The van der Waals surface area contributed by atoms with Crippen molar-refractivity contribution in [3.63, 3.8) is 0 Å². The van der Waals surface area contributed by atoms with Crippen molar-refractivity contribution in [2.45, 2.75) is 57.9 Å². The molecule has 6 saturated heterocycles. The highest BCUT2D eigenvalue weighted by atomic mass is 127. The summed E-state index contributed by atoms with van der Waals surface area (Å²) in [4.78, 5) is 50.6. The number of carbonyl (C=O) groups excluding carboxylic acids is 4. The second-order valence-electron chi connectivity index (χ2n) is 24.6. The number of benzene rings is 6. The van der Waals surface area contributed by atoms with Gasteiger partial charge in [0.1, 0.15) is 45.8 Å². The Hall–Kier alpha value is -5.24. The van der Waals surface area contributed by atoms with Gasteiger partial charge in [0.05, 0.1) is 31.5 Å². The van der Waals surface area contributed by atoms with E-state index in [1.165, 1.54) is 44.5 Å². The summed E-state index contributed by atoms with van der Waals surface area (Å²) in [7, 11) is 9.18. The molecule has 6 aliphatic heterocycles. The molecular formula is C69H90B2IN6O6P2+3. The van der Waals surface area contributed by atoms with E-state index in [4.69, 9.17) is 35.6 Å². The predicted molar refractivity (Wildman–Crippen MR) is 363 cm³/mol. The second-order valence-corrected chi connectivity index (χ2v) is 27.9. The number of halogens is 1. The molecule has 4 N–H and O–H groups in total. The number of nitrogens with two attached hydrogens (primary N) is 2. The third-order valence-corrected chi connectivity index (χ3v) is 19.9. The minimum Gasteiger partial charge on any atom is -0.457 e. The fourth-order valence-electron chi connectivity index (χ4n) is 12.9. The lowest BCUT2D eigenvalue weighted by Gasteiger charge is -2.55. The highest BCUT2D eigenvalue weighted by molar-refractivity contribution is 14.1. The molecule has 452 valence electrons. The number of alkyl halides is 1. The highest BCUT2D eigenvalue weighted by Crippen LogP contribution is 2.35. The van der Waals surface area contributed by atoms with E-state index in [-0.39, 0.29) is 54.9 Å². The second kappa shape index (κ2) is 32.3. The van der Waals surface area contributed by atoms with E-state index in [0.717, 1.165) is 127 Å². The van der Waals surface area contributed by atoms with Crippen molar-refractivity contribution in [2.24, 2.45) is 35.1 Å². The van der Waals surface area contributed by atoms with Crippen LogP contribution < -0.4 is 11.5 Å². The lowest BCUT2D eigenvalue weighted by atomic mass is 9.84. The van der Waals surface area contributed by atoms with Gasteiger partial charge < -0.3 is 34.0 Å². The van der Waals surface area contributed by atoms with Crippen molar-refractivity contribution in [3.05, 3.63) is 191 Å². The summed E-state index contributed by atoms with van der Waals surface area (Å²) in [5, 5.41) is 0. The molecular weight excluding hydrogens is 1220 g/mol. The normalized spacial score (nSPS) is 22.1. The number of amides is 2. The molecule has 17 heteroatoms. The van der Waals surface area contributed by atoms with E-state index < -0.39 is 16.1 Å². The maximum Gasteiger partial charge on any atom is 0.311 e. The van der Waals surface area contributed by atoms with E-state index in [1.54, 1.807) is 13.3 Å². The van der Waals surface area contributed by atoms with Crippen LogP contribution in [0.5, 0.6) is 0 Å².